The van der Waals surface area contributed by atoms with Crippen LogP contribution in [0.25, 0.3) is 0 Å². The molecule has 110 valence electrons. The molecule has 1 aromatic rings. The Hall–Kier alpha value is -0.800. The second-order valence-corrected chi connectivity index (χ2v) is 7.19. The van der Waals surface area contributed by atoms with Crippen LogP contribution in [0.15, 0.2) is 10.5 Å². The Morgan fingerprint density at radius 1 is 1.15 bits per heavy atom. The molecular weight excluding hydrogens is 250 g/mol. The van der Waals surface area contributed by atoms with E-state index in [1.807, 2.05) is 0 Å². The van der Waals surface area contributed by atoms with Gasteiger partial charge >= 0.3 is 0 Å². The van der Waals surface area contributed by atoms with Gasteiger partial charge in [-0.3, -0.25) is 0 Å². The van der Waals surface area contributed by atoms with Crippen molar-refractivity contribution in [3.63, 3.8) is 0 Å². The lowest BCUT2D eigenvalue weighted by atomic mass is 9.51. The Bertz CT molecular complexity index is 465. The molecule has 0 saturated heterocycles. The summed E-state index contributed by atoms with van der Waals surface area (Å²) in [5, 5.41) is 0. The molecule has 0 spiro atoms. The highest BCUT2D eigenvalue weighted by atomic mass is 16.5. The minimum atomic E-state index is 0.542. The Kier molecular flexibility index (Phi) is 3.15. The summed E-state index contributed by atoms with van der Waals surface area (Å²) in [6.07, 6.45) is 7.21. The molecule has 4 fully saturated rings. The van der Waals surface area contributed by atoms with Crippen LogP contribution < -0.4 is 5.73 Å². The average molecular weight is 275 g/mol. The molecule has 5 rings (SSSR count). The Labute approximate surface area is 120 Å². The van der Waals surface area contributed by atoms with Crippen molar-refractivity contribution in [2.45, 2.75) is 51.2 Å². The molecular formula is C17H25NO2. The predicted octanol–water partition coefficient (Wildman–Crippen LogP) is 3.42. The number of methoxy groups -OCH3 is 1. The molecule has 2 N–H and O–H groups in total. The molecule has 0 amide bonds. The standard InChI is InChI=1S/C17H25NO2/c1-19-9-16-14(8-18)7-15(20-16)17-12-3-10-2-11(5-12)6-13(17)4-10/h7,10-13,17H,2-6,8-9,18H2,1H3. The minimum Gasteiger partial charge on any atom is -0.463 e. The van der Waals surface area contributed by atoms with Crippen molar-refractivity contribution in [3.8, 4) is 0 Å². The smallest absolute Gasteiger partial charge is 0.134 e. The third-order valence-corrected chi connectivity index (χ3v) is 5.97. The predicted molar refractivity (Wildman–Crippen MR) is 77.1 cm³/mol. The van der Waals surface area contributed by atoms with Crippen molar-refractivity contribution in [1.29, 1.82) is 0 Å². The van der Waals surface area contributed by atoms with Crippen LogP contribution in [0.3, 0.4) is 0 Å². The van der Waals surface area contributed by atoms with E-state index in [0.717, 1.165) is 35.0 Å². The molecule has 0 aliphatic heterocycles. The number of furan rings is 1. The van der Waals surface area contributed by atoms with Gasteiger partial charge in [0.05, 0.1) is 0 Å². The first kappa shape index (κ1) is 12.9. The Balaban J connectivity index is 1.64. The zero-order valence-corrected chi connectivity index (χ0v) is 12.3. The van der Waals surface area contributed by atoms with Gasteiger partial charge in [0.2, 0.25) is 0 Å². The van der Waals surface area contributed by atoms with Crippen molar-refractivity contribution in [2.24, 2.45) is 29.4 Å². The van der Waals surface area contributed by atoms with Gasteiger partial charge in [0, 0.05) is 25.1 Å². The highest BCUT2D eigenvalue weighted by Gasteiger charge is 2.49. The fourth-order valence-electron chi connectivity index (χ4n) is 5.47. The van der Waals surface area contributed by atoms with Crippen LogP contribution in [-0.2, 0) is 17.9 Å². The maximum absolute atomic E-state index is 6.17. The van der Waals surface area contributed by atoms with Gasteiger partial charge in [-0.05, 0) is 61.8 Å². The summed E-state index contributed by atoms with van der Waals surface area (Å²) in [6.45, 7) is 1.09. The molecule has 3 nitrogen and oxygen atoms in total. The highest BCUT2D eigenvalue weighted by Crippen LogP contribution is 2.60. The van der Waals surface area contributed by atoms with E-state index in [1.165, 1.54) is 37.9 Å². The number of ether oxygens (including phenoxy) is 1. The van der Waals surface area contributed by atoms with E-state index in [1.54, 1.807) is 7.11 Å². The van der Waals surface area contributed by atoms with Gasteiger partial charge in [0.15, 0.2) is 0 Å². The van der Waals surface area contributed by atoms with E-state index < -0.39 is 0 Å². The molecule has 0 unspecified atom stereocenters. The highest BCUT2D eigenvalue weighted by molar-refractivity contribution is 5.26. The third-order valence-electron chi connectivity index (χ3n) is 5.97. The van der Waals surface area contributed by atoms with Crippen LogP contribution >= 0.6 is 0 Å². The summed E-state index contributed by atoms with van der Waals surface area (Å²) >= 11 is 0. The van der Waals surface area contributed by atoms with Crippen molar-refractivity contribution in [3.05, 3.63) is 23.2 Å². The molecule has 0 aromatic carbocycles. The Morgan fingerprint density at radius 3 is 2.35 bits per heavy atom. The average Bonchev–Trinajstić information content (AvgIpc) is 2.81. The van der Waals surface area contributed by atoms with Gasteiger partial charge in [-0.25, -0.2) is 0 Å². The van der Waals surface area contributed by atoms with Crippen molar-refractivity contribution < 1.29 is 9.15 Å². The fourth-order valence-corrected chi connectivity index (χ4v) is 5.47. The van der Waals surface area contributed by atoms with Crippen LogP contribution in [-0.4, -0.2) is 7.11 Å². The van der Waals surface area contributed by atoms with Crippen molar-refractivity contribution in [2.75, 3.05) is 7.11 Å². The summed E-state index contributed by atoms with van der Waals surface area (Å²) in [7, 11) is 1.71. The Morgan fingerprint density at radius 2 is 1.80 bits per heavy atom. The van der Waals surface area contributed by atoms with Gasteiger partial charge in [-0.2, -0.15) is 0 Å². The van der Waals surface area contributed by atoms with E-state index in [-0.39, 0.29) is 0 Å². The summed E-state index contributed by atoms with van der Waals surface area (Å²) in [5.41, 5.74) is 6.99. The van der Waals surface area contributed by atoms with Crippen molar-refractivity contribution >= 4 is 0 Å². The maximum Gasteiger partial charge on any atom is 0.134 e. The second-order valence-electron chi connectivity index (χ2n) is 7.19. The van der Waals surface area contributed by atoms with Gasteiger partial charge < -0.3 is 14.9 Å². The van der Waals surface area contributed by atoms with Crippen LogP contribution in [0.2, 0.25) is 0 Å². The van der Waals surface area contributed by atoms with E-state index in [0.29, 0.717) is 19.1 Å². The van der Waals surface area contributed by atoms with Crippen LogP contribution in [0, 0.1) is 23.7 Å². The van der Waals surface area contributed by atoms with Gasteiger partial charge in [-0.1, -0.05) is 0 Å². The molecule has 4 saturated carbocycles. The van der Waals surface area contributed by atoms with E-state index in [9.17, 15) is 0 Å². The number of hydrogen-bond donors (Lipinski definition) is 1. The molecule has 4 aliphatic rings. The number of rotatable bonds is 4. The SMILES string of the molecule is COCc1oc(C2C3CC4CC(C3)CC2C4)cc1CN. The van der Waals surface area contributed by atoms with Crippen LogP contribution in [0.4, 0.5) is 0 Å². The second kappa shape index (κ2) is 4.88. The molecule has 20 heavy (non-hydrogen) atoms. The molecule has 4 bridgehead atoms. The van der Waals surface area contributed by atoms with E-state index in [2.05, 4.69) is 6.07 Å². The summed E-state index contributed by atoms with van der Waals surface area (Å²) < 4.78 is 11.4. The number of nitrogens with two attached hydrogens (primary N) is 1. The number of hydrogen-bond acceptors (Lipinski definition) is 3. The van der Waals surface area contributed by atoms with Gasteiger partial charge in [0.1, 0.15) is 18.1 Å². The molecule has 4 aliphatic carbocycles. The molecule has 0 radical (unpaired) electrons. The first-order chi connectivity index (χ1) is 9.78. The molecule has 3 heteroatoms. The fraction of sp³-hybridized carbons (Fsp3) is 0.765. The van der Waals surface area contributed by atoms with E-state index >= 15 is 0 Å². The zero-order chi connectivity index (χ0) is 13.7. The van der Waals surface area contributed by atoms with Crippen molar-refractivity contribution in [1.82, 2.24) is 0 Å². The maximum atomic E-state index is 6.17. The molecule has 0 atom stereocenters. The van der Waals surface area contributed by atoms with Gasteiger partial charge in [-0.15, -0.1) is 0 Å². The lowest BCUT2D eigenvalue weighted by Crippen LogP contribution is -2.43. The topological polar surface area (TPSA) is 48.4 Å². The first-order valence-electron chi connectivity index (χ1n) is 8.09. The normalized spacial score (nSPS) is 38.6. The largest absolute Gasteiger partial charge is 0.463 e. The van der Waals surface area contributed by atoms with E-state index in [4.69, 9.17) is 14.9 Å². The van der Waals surface area contributed by atoms with Crippen LogP contribution in [0.1, 0.15) is 55.1 Å². The lowest BCUT2D eigenvalue weighted by Gasteiger charge is -2.53. The van der Waals surface area contributed by atoms with Crippen LogP contribution in [0.5, 0.6) is 0 Å². The monoisotopic (exact) mass is 275 g/mol. The zero-order valence-electron chi connectivity index (χ0n) is 12.3. The molecule has 1 aromatic heterocycles. The quantitative estimate of drug-likeness (QED) is 0.916. The molecule has 1 heterocycles. The van der Waals surface area contributed by atoms with Gasteiger partial charge in [0.25, 0.3) is 0 Å². The third kappa shape index (κ3) is 1.94. The minimum absolute atomic E-state index is 0.542. The summed E-state index contributed by atoms with van der Waals surface area (Å²) in [6, 6.07) is 2.22. The lowest BCUT2D eigenvalue weighted by molar-refractivity contribution is -0.0104. The first-order valence-corrected chi connectivity index (χ1v) is 8.09. The summed E-state index contributed by atoms with van der Waals surface area (Å²) in [5.74, 6) is 6.54. The summed E-state index contributed by atoms with van der Waals surface area (Å²) in [4.78, 5) is 0.